The maximum Gasteiger partial charge on any atom is 0.261 e. The maximum atomic E-state index is 12.5. The zero-order valence-electron chi connectivity index (χ0n) is 15.3. The SMILES string of the molecule is CCN(CC)S(=O)(=O)c1ccc(NS(=O)(=O)c2ccc(C(C)=O)cc2)cc1. The average molecular weight is 411 g/mol. The third-order valence-corrected chi connectivity index (χ3v) is 7.48. The first-order chi connectivity index (χ1) is 12.6. The second-order valence-electron chi connectivity index (χ2n) is 5.80. The number of sulfonamides is 2. The number of hydrogen-bond donors (Lipinski definition) is 1. The number of rotatable bonds is 8. The van der Waals surface area contributed by atoms with Crippen LogP contribution in [-0.4, -0.2) is 40.0 Å². The summed E-state index contributed by atoms with van der Waals surface area (Å²) >= 11 is 0. The van der Waals surface area contributed by atoms with Crippen LogP contribution in [0.2, 0.25) is 0 Å². The van der Waals surface area contributed by atoms with Gasteiger partial charge in [0.2, 0.25) is 10.0 Å². The van der Waals surface area contributed by atoms with Crippen molar-refractivity contribution in [2.45, 2.75) is 30.6 Å². The molecule has 7 nitrogen and oxygen atoms in total. The molecule has 0 amide bonds. The Hall–Kier alpha value is -2.23. The summed E-state index contributed by atoms with van der Waals surface area (Å²) in [7, 11) is -7.45. The molecule has 0 atom stereocenters. The third-order valence-electron chi connectivity index (χ3n) is 4.02. The molecule has 27 heavy (non-hydrogen) atoms. The zero-order valence-corrected chi connectivity index (χ0v) is 17.0. The van der Waals surface area contributed by atoms with Gasteiger partial charge in [0.25, 0.3) is 10.0 Å². The normalized spacial score (nSPS) is 12.1. The number of ketones is 1. The Kier molecular flexibility index (Phi) is 6.40. The van der Waals surface area contributed by atoms with Gasteiger partial charge in [-0.25, -0.2) is 16.8 Å². The predicted molar refractivity (Wildman–Crippen MR) is 104 cm³/mol. The first-order valence-electron chi connectivity index (χ1n) is 8.36. The summed E-state index contributed by atoms with van der Waals surface area (Å²) < 4.78 is 53.5. The van der Waals surface area contributed by atoms with Crippen LogP contribution in [0, 0.1) is 0 Å². The lowest BCUT2D eigenvalue weighted by molar-refractivity contribution is 0.101. The fraction of sp³-hybridized carbons (Fsp3) is 0.278. The Morgan fingerprint density at radius 3 is 1.78 bits per heavy atom. The Bertz CT molecular complexity index is 1010. The average Bonchev–Trinajstić information content (AvgIpc) is 2.62. The number of Topliss-reactive ketones (excluding diaryl/α,β-unsaturated/α-hetero) is 1. The van der Waals surface area contributed by atoms with E-state index in [1.165, 1.54) is 59.8 Å². The van der Waals surface area contributed by atoms with Crippen molar-refractivity contribution in [2.75, 3.05) is 17.8 Å². The molecule has 0 aromatic heterocycles. The molecular weight excluding hydrogens is 388 g/mol. The Labute approximate surface area is 160 Å². The summed E-state index contributed by atoms with van der Waals surface area (Å²) in [5, 5.41) is 0. The number of carbonyl (C=O) groups excluding carboxylic acids is 1. The molecule has 2 rings (SSSR count). The van der Waals surface area contributed by atoms with E-state index in [2.05, 4.69) is 4.72 Å². The summed E-state index contributed by atoms with van der Waals surface area (Å²) in [6.45, 7) is 5.60. The molecule has 0 radical (unpaired) electrons. The minimum absolute atomic E-state index is 0.00680. The van der Waals surface area contributed by atoms with Crippen molar-refractivity contribution in [3.8, 4) is 0 Å². The van der Waals surface area contributed by atoms with Gasteiger partial charge in [0, 0.05) is 24.3 Å². The van der Waals surface area contributed by atoms with Gasteiger partial charge in [0.15, 0.2) is 5.78 Å². The molecule has 2 aromatic carbocycles. The van der Waals surface area contributed by atoms with E-state index in [0.29, 0.717) is 18.7 Å². The van der Waals surface area contributed by atoms with Crippen LogP contribution in [0.4, 0.5) is 5.69 Å². The van der Waals surface area contributed by atoms with Gasteiger partial charge in [-0.2, -0.15) is 4.31 Å². The Morgan fingerprint density at radius 1 is 0.852 bits per heavy atom. The molecule has 0 unspecified atom stereocenters. The highest BCUT2D eigenvalue weighted by atomic mass is 32.2. The van der Waals surface area contributed by atoms with Crippen molar-refractivity contribution in [1.29, 1.82) is 0 Å². The molecule has 1 N–H and O–H groups in total. The molecule has 146 valence electrons. The van der Waals surface area contributed by atoms with Gasteiger partial charge in [-0.3, -0.25) is 9.52 Å². The number of hydrogen-bond acceptors (Lipinski definition) is 5. The van der Waals surface area contributed by atoms with Crippen molar-refractivity contribution in [1.82, 2.24) is 4.31 Å². The molecule has 0 heterocycles. The van der Waals surface area contributed by atoms with Gasteiger partial charge < -0.3 is 0 Å². The molecule has 2 aromatic rings. The van der Waals surface area contributed by atoms with E-state index in [0.717, 1.165) is 0 Å². The summed E-state index contributed by atoms with van der Waals surface area (Å²) in [5.74, 6) is -0.156. The highest BCUT2D eigenvalue weighted by Gasteiger charge is 2.22. The fourth-order valence-electron chi connectivity index (χ4n) is 2.49. The predicted octanol–water partition coefficient (Wildman–Crippen LogP) is 2.72. The number of anilines is 1. The van der Waals surface area contributed by atoms with Crippen LogP contribution in [0.5, 0.6) is 0 Å². The topological polar surface area (TPSA) is 101 Å². The molecule has 0 aliphatic carbocycles. The van der Waals surface area contributed by atoms with E-state index in [1.54, 1.807) is 13.8 Å². The van der Waals surface area contributed by atoms with Gasteiger partial charge in [-0.05, 0) is 43.3 Å². The molecule has 0 bridgehead atoms. The third kappa shape index (κ3) is 4.74. The fourth-order valence-corrected chi connectivity index (χ4v) is 5.01. The van der Waals surface area contributed by atoms with Gasteiger partial charge in [-0.1, -0.05) is 26.0 Å². The van der Waals surface area contributed by atoms with Gasteiger partial charge in [0.05, 0.1) is 9.79 Å². The zero-order chi connectivity index (χ0) is 20.2. The first-order valence-corrected chi connectivity index (χ1v) is 11.3. The second-order valence-corrected chi connectivity index (χ2v) is 9.42. The smallest absolute Gasteiger partial charge is 0.261 e. The monoisotopic (exact) mass is 410 g/mol. The molecular formula is C18H22N2O5S2. The van der Waals surface area contributed by atoms with E-state index in [9.17, 15) is 21.6 Å². The van der Waals surface area contributed by atoms with Crippen LogP contribution in [-0.2, 0) is 20.0 Å². The highest BCUT2D eigenvalue weighted by Crippen LogP contribution is 2.21. The van der Waals surface area contributed by atoms with Gasteiger partial charge in [0.1, 0.15) is 0 Å². The lowest BCUT2D eigenvalue weighted by Gasteiger charge is -2.18. The standard InChI is InChI=1S/C18H22N2O5S2/c1-4-20(5-2)27(24,25)18-12-8-16(9-13-18)19-26(22,23)17-10-6-15(7-11-17)14(3)21/h6-13,19H,4-5H2,1-3H3. The minimum atomic E-state index is -3.85. The quantitative estimate of drug-likeness (QED) is 0.675. The highest BCUT2D eigenvalue weighted by molar-refractivity contribution is 7.92. The van der Waals surface area contributed by atoms with E-state index in [-0.39, 0.29) is 21.3 Å². The Morgan fingerprint density at radius 2 is 1.33 bits per heavy atom. The van der Waals surface area contributed by atoms with Crippen molar-refractivity contribution >= 4 is 31.5 Å². The molecule has 0 saturated carbocycles. The van der Waals surface area contributed by atoms with Crippen LogP contribution in [0.3, 0.4) is 0 Å². The van der Waals surface area contributed by atoms with Crippen molar-refractivity contribution in [2.24, 2.45) is 0 Å². The number of carbonyl (C=O) groups is 1. The summed E-state index contributed by atoms with van der Waals surface area (Å²) in [5.41, 5.74) is 0.657. The minimum Gasteiger partial charge on any atom is -0.295 e. The molecule has 0 fully saturated rings. The lowest BCUT2D eigenvalue weighted by Crippen LogP contribution is -2.30. The van der Waals surface area contributed by atoms with E-state index >= 15 is 0 Å². The molecule has 0 aliphatic rings. The van der Waals surface area contributed by atoms with E-state index in [4.69, 9.17) is 0 Å². The van der Waals surface area contributed by atoms with Crippen LogP contribution < -0.4 is 4.72 Å². The van der Waals surface area contributed by atoms with Gasteiger partial charge >= 0.3 is 0 Å². The summed E-state index contributed by atoms with van der Waals surface area (Å²) in [4.78, 5) is 11.4. The second kappa shape index (κ2) is 8.20. The van der Waals surface area contributed by atoms with Crippen molar-refractivity contribution in [3.63, 3.8) is 0 Å². The van der Waals surface area contributed by atoms with Crippen molar-refractivity contribution in [3.05, 3.63) is 54.1 Å². The molecule has 0 aliphatic heterocycles. The Balaban J connectivity index is 2.24. The van der Waals surface area contributed by atoms with Crippen LogP contribution in [0.15, 0.2) is 58.3 Å². The van der Waals surface area contributed by atoms with E-state index in [1.807, 2.05) is 0 Å². The van der Waals surface area contributed by atoms with Crippen LogP contribution in [0.25, 0.3) is 0 Å². The number of benzene rings is 2. The first kappa shape index (κ1) is 21.1. The van der Waals surface area contributed by atoms with E-state index < -0.39 is 20.0 Å². The van der Waals surface area contributed by atoms with Crippen molar-refractivity contribution < 1.29 is 21.6 Å². The van der Waals surface area contributed by atoms with Crippen LogP contribution >= 0.6 is 0 Å². The summed E-state index contributed by atoms with van der Waals surface area (Å²) in [6, 6.07) is 11.1. The summed E-state index contributed by atoms with van der Waals surface area (Å²) in [6.07, 6.45) is 0. The molecule has 0 spiro atoms. The van der Waals surface area contributed by atoms with Crippen LogP contribution in [0.1, 0.15) is 31.1 Å². The maximum absolute atomic E-state index is 12.5. The molecule has 9 heteroatoms. The van der Waals surface area contributed by atoms with Gasteiger partial charge in [-0.15, -0.1) is 0 Å². The lowest BCUT2D eigenvalue weighted by atomic mass is 10.2. The molecule has 0 saturated heterocycles. The largest absolute Gasteiger partial charge is 0.295 e. The number of nitrogens with one attached hydrogen (secondary N) is 1. The number of nitrogens with zero attached hydrogens (tertiary/aromatic N) is 1.